The van der Waals surface area contributed by atoms with Crippen molar-refractivity contribution < 1.29 is 32.0 Å². The predicted octanol–water partition coefficient (Wildman–Crippen LogP) is 2.70. The molecule has 1 saturated heterocycles. The molecule has 218 valence electrons. The number of pyridine rings is 1. The fourth-order valence-corrected chi connectivity index (χ4v) is 7.24. The van der Waals surface area contributed by atoms with E-state index in [2.05, 4.69) is 4.98 Å². The van der Waals surface area contributed by atoms with Crippen molar-refractivity contribution >= 4 is 38.4 Å². The van der Waals surface area contributed by atoms with Crippen molar-refractivity contribution in [1.82, 2.24) is 14.8 Å². The lowest BCUT2D eigenvalue weighted by molar-refractivity contribution is -0.905. The molecular weight excluding hydrogens is 549 g/mol. The van der Waals surface area contributed by atoms with Crippen molar-refractivity contribution in [2.75, 3.05) is 56.9 Å². The molecule has 1 N–H and O–H groups in total. The molecule has 10 nitrogen and oxygen atoms in total. The van der Waals surface area contributed by atoms with Crippen LogP contribution in [-0.4, -0.2) is 97.2 Å². The highest BCUT2D eigenvalue weighted by Gasteiger charge is 2.38. The van der Waals surface area contributed by atoms with Gasteiger partial charge in [-0.2, -0.15) is 0 Å². The van der Waals surface area contributed by atoms with Crippen molar-refractivity contribution in [3.63, 3.8) is 0 Å². The van der Waals surface area contributed by atoms with Crippen LogP contribution in [0.3, 0.4) is 0 Å². The molecule has 1 unspecified atom stereocenters. The molecule has 3 heterocycles. The Morgan fingerprint density at radius 3 is 2.61 bits per heavy atom. The number of fused-ring (bicyclic) bond motifs is 2. The Bertz CT molecular complexity index is 1610. The Hall–Kier alpha value is -3.77. The molecule has 1 atom stereocenters. The molecule has 1 aromatic heterocycles. The second-order valence-electron chi connectivity index (χ2n) is 11.2. The van der Waals surface area contributed by atoms with Gasteiger partial charge >= 0.3 is 0 Å². The van der Waals surface area contributed by atoms with E-state index < -0.39 is 15.9 Å². The van der Waals surface area contributed by atoms with Crippen LogP contribution in [0.4, 0.5) is 10.1 Å². The Morgan fingerprint density at radius 1 is 1.17 bits per heavy atom. The van der Waals surface area contributed by atoms with Crippen LogP contribution in [0.5, 0.6) is 5.75 Å². The maximum atomic E-state index is 13.8. The lowest BCUT2D eigenvalue weighted by Gasteiger charge is -2.34. The molecule has 0 bridgehead atoms. The van der Waals surface area contributed by atoms with E-state index >= 15 is 0 Å². The summed E-state index contributed by atoms with van der Waals surface area (Å²) in [7, 11) is -0.371. The van der Waals surface area contributed by atoms with Crippen LogP contribution < -0.4 is 4.31 Å². The molecule has 2 aromatic carbocycles. The average Bonchev–Trinajstić information content (AvgIpc) is 3.12. The lowest BCUT2D eigenvalue weighted by atomic mass is 10.0. The molecule has 1 fully saturated rings. The number of amides is 2. The normalized spacial score (nSPS) is 19.4. The van der Waals surface area contributed by atoms with Gasteiger partial charge in [-0.25, -0.2) is 12.8 Å². The monoisotopic (exact) mass is 584 g/mol. The van der Waals surface area contributed by atoms with Crippen LogP contribution in [0.2, 0.25) is 0 Å². The van der Waals surface area contributed by atoms with E-state index in [1.54, 1.807) is 36.1 Å². The van der Waals surface area contributed by atoms with Gasteiger partial charge in [0.2, 0.25) is 15.9 Å². The number of likely N-dealkylation sites (N-methyl/N-ethyl adjacent to an activating group) is 1. The van der Waals surface area contributed by atoms with E-state index in [-0.39, 0.29) is 47.4 Å². The van der Waals surface area contributed by atoms with E-state index in [0.29, 0.717) is 52.9 Å². The highest BCUT2D eigenvalue weighted by Crippen LogP contribution is 2.44. The van der Waals surface area contributed by atoms with Gasteiger partial charge in [0.15, 0.2) is 5.75 Å². The summed E-state index contributed by atoms with van der Waals surface area (Å²) < 4.78 is 42.8. The van der Waals surface area contributed by atoms with E-state index in [1.165, 1.54) is 34.6 Å². The summed E-state index contributed by atoms with van der Waals surface area (Å²) in [5, 5.41) is 11.5. The van der Waals surface area contributed by atoms with Crippen LogP contribution in [0, 0.1) is 5.82 Å². The molecule has 0 spiro atoms. The highest BCUT2D eigenvalue weighted by molar-refractivity contribution is 7.92. The van der Waals surface area contributed by atoms with E-state index in [9.17, 15) is 27.5 Å². The number of phenols is 1. The smallest absolute Gasteiger partial charge is 0.258 e. The third-order valence-electron chi connectivity index (χ3n) is 8.35. The van der Waals surface area contributed by atoms with Crippen molar-refractivity contribution in [2.24, 2.45) is 0 Å². The van der Waals surface area contributed by atoms with Gasteiger partial charge in [-0.3, -0.25) is 18.9 Å². The largest absolute Gasteiger partial charge is 0.505 e. The number of carbonyl (C=O) groups is 2. The number of rotatable bonds is 7. The minimum absolute atomic E-state index is 0.0236. The molecule has 0 radical (unpaired) electrons. The SMILES string of the molecule is CC(=O)N1CCC[N+](C)(CCS(=O)(=O)N(C)c2c3c(c(O)c4ncccc24)C(=O)N(Cc2ccc(F)cc2)C3)CC1. The van der Waals surface area contributed by atoms with Crippen LogP contribution in [0.25, 0.3) is 10.9 Å². The van der Waals surface area contributed by atoms with Gasteiger partial charge < -0.3 is 19.4 Å². The number of hydrogen-bond donors (Lipinski definition) is 1. The Balaban J connectivity index is 1.46. The first-order valence-corrected chi connectivity index (χ1v) is 15.2. The topological polar surface area (TPSA) is 111 Å². The van der Waals surface area contributed by atoms with Gasteiger partial charge in [0.1, 0.15) is 17.1 Å². The Labute approximate surface area is 239 Å². The summed E-state index contributed by atoms with van der Waals surface area (Å²) in [5.41, 5.74) is 1.61. The van der Waals surface area contributed by atoms with Gasteiger partial charge in [0.05, 0.1) is 44.5 Å². The zero-order chi connectivity index (χ0) is 29.5. The fourth-order valence-electron chi connectivity index (χ4n) is 5.81. The first-order chi connectivity index (χ1) is 19.4. The molecule has 5 rings (SSSR count). The van der Waals surface area contributed by atoms with Gasteiger partial charge in [0.25, 0.3) is 5.91 Å². The number of sulfonamides is 1. The Morgan fingerprint density at radius 2 is 1.90 bits per heavy atom. The number of quaternary nitrogens is 1. The van der Waals surface area contributed by atoms with Crippen LogP contribution in [0.1, 0.15) is 34.8 Å². The van der Waals surface area contributed by atoms with E-state index in [1.807, 2.05) is 7.05 Å². The van der Waals surface area contributed by atoms with Gasteiger partial charge in [-0.15, -0.1) is 0 Å². The van der Waals surface area contributed by atoms with Gasteiger partial charge in [0, 0.05) is 57.2 Å². The number of hydrogen-bond acceptors (Lipinski definition) is 6. The van der Waals surface area contributed by atoms with Crippen molar-refractivity contribution in [1.29, 1.82) is 0 Å². The van der Waals surface area contributed by atoms with Crippen molar-refractivity contribution in [2.45, 2.75) is 26.4 Å². The number of halogens is 1. The molecule has 2 amide bonds. The second-order valence-corrected chi connectivity index (χ2v) is 13.3. The molecular formula is C29H35FN5O5S+. The van der Waals surface area contributed by atoms with E-state index in [4.69, 9.17) is 0 Å². The standard InChI is InChI=1S/C29H34FN5O5S/c1-20(36)33-12-5-14-35(3,15-13-33)16-17-41(39,40)32(2)27-23-6-4-11-31-26(23)28(37)25-24(27)19-34(29(25)38)18-21-7-9-22(30)10-8-21/h4,6-11H,5,12-19H2,1-3H3/p+1. The summed E-state index contributed by atoms with van der Waals surface area (Å²) in [6, 6.07) is 9.15. The summed E-state index contributed by atoms with van der Waals surface area (Å²) in [6.45, 7) is 4.82. The lowest BCUT2D eigenvalue weighted by Crippen LogP contribution is -2.50. The van der Waals surface area contributed by atoms with Crippen LogP contribution >= 0.6 is 0 Å². The highest BCUT2D eigenvalue weighted by atomic mass is 32.2. The average molecular weight is 585 g/mol. The first kappa shape index (κ1) is 28.7. The summed E-state index contributed by atoms with van der Waals surface area (Å²) >= 11 is 0. The molecule has 0 saturated carbocycles. The fraction of sp³-hybridized carbons (Fsp3) is 0.414. The summed E-state index contributed by atoms with van der Waals surface area (Å²) in [5.74, 6) is -1.23. The number of anilines is 1. The number of aromatic nitrogens is 1. The maximum absolute atomic E-state index is 13.8. The molecule has 41 heavy (non-hydrogen) atoms. The quantitative estimate of drug-likeness (QED) is 0.428. The zero-order valence-corrected chi connectivity index (χ0v) is 24.3. The number of nitrogens with zero attached hydrogens (tertiary/aromatic N) is 5. The number of carbonyl (C=O) groups excluding carboxylic acids is 2. The summed E-state index contributed by atoms with van der Waals surface area (Å²) in [6.07, 6.45) is 2.27. The number of aromatic hydroxyl groups is 1. The summed E-state index contributed by atoms with van der Waals surface area (Å²) in [4.78, 5) is 33.0. The molecule has 0 aliphatic carbocycles. The zero-order valence-electron chi connectivity index (χ0n) is 23.5. The van der Waals surface area contributed by atoms with Gasteiger partial charge in [-0.1, -0.05) is 12.1 Å². The minimum atomic E-state index is -3.86. The molecule has 2 aliphatic heterocycles. The second kappa shape index (κ2) is 10.9. The Kier molecular flexibility index (Phi) is 7.64. The third-order valence-corrected chi connectivity index (χ3v) is 10.1. The van der Waals surface area contributed by atoms with Crippen molar-refractivity contribution in [3.05, 3.63) is 65.1 Å². The third kappa shape index (κ3) is 5.58. The van der Waals surface area contributed by atoms with Crippen molar-refractivity contribution in [3.8, 4) is 5.75 Å². The predicted molar refractivity (Wildman–Crippen MR) is 153 cm³/mol. The molecule has 3 aromatic rings. The minimum Gasteiger partial charge on any atom is -0.505 e. The van der Waals surface area contributed by atoms with Crippen LogP contribution in [0.15, 0.2) is 42.6 Å². The van der Waals surface area contributed by atoms with E-state index in [0.717, 1.165) is 13.0 Å². The number of phenolic OH excluding ortho intramolecular Hbond substituents is 1. The molecule has 2 aliphatic rings. The maximum Gasteiger partial charge on any atom is 0.258 e. The van der Waals surface area contributed by atoms with Crippen LogP contribution in [-0.2, 0) is 27.9 Å². The molecule has 12 heteroatoms. The van der Waals surface area contributed by atoms with Gasteiger partial charge in [-0.05, 0) is 29.8 Å². The number of benzene rings is 2. The first-order valence-electron chi connectivity index (χ1n) is 13.6.